The number of alkyl halides is 3. The molecule has 0 saturated carbocycles. The Balaban J connectivity index is 2.15. The van der Waals surface area contributed by atoms with Crippen molar-refractivity contribution in [3.63, 3.8) is 0 Å². The summed E-state index contributed by atoms with van der Waals surface area (Å²) in [7, 11) is -0.807. The Hall–Kier alpha value is -0.140. The fourth-order valence-corrected chi connectivity index (χ4v) is 2.66. The van der Waals surface area contributed by atoms with Crippen LogP contribution in [0.15, 0.2) is 0 Å². The third-order valence-electron chi connectivity index (χ3n) is 3.54. The summed E-state index contributed by atoms with van der Waals surface area (Å²) in [5.41, 5.74) is 0. The van der Waals surface area contributed by atoms with Gasteiger partial charge in [0.25, 0.3) is 0 Å². The van der Waals surface area contributed by atoms with Crippen molar-refractivity contribution in [2.24, 2.45) is 0 Å². The number of nitrogens with zero attached hydrogens (tertiary/aromatic N) is 1. The second kappa shape index (κ2) is 7.59. The molecule has 114 valence electrons. The van der Waals surface area contributed by atoms with Crippen LogP contribution in [0, 0.1) is 0 Å². The molecule has 0 aromatic carbocycles. The van der Waals surface area contributed by atoms with Crippen LogP contribution in [0.3, 0.4) is 0 Å². The number of rotatable bonds is 6. The molecular formula is C12H23F3N2OS. The van der Waals surface area contributed by atoms with E-state index in [9.17, 15) is 17.4 Å². The van der Waals surface area contributed by atoms with Crippen LogP contribution in [0.4, 0.5) is 13.2 Å². The first kappa shape index (κ1) is 16.9. The second-order valence-electron chi connectivity index (χ2n) is 5.22. The van der Waals surface area contributed by atoms with E-state index >= 15 is 0 Å². The zero-order valence-corrected chi connectivity index (χ0v) is 12.3. The van der Waals surface area contributed by atoms with Crippen LogP contribution in [-0.2, 0) is 10.8 Å². The van der Waals surface area contributed by atoms with Crippen molar-refractivity contribution in [2.45, 2.75) is 43.7 Å². The second-order valence-corrected chi connectivity index (χ2v) is 7.02. The van der Waals surface area contributed by atoms with Crippen LogP contribution in [-0.4, -0.2) is 59.0 Å². The lowest BCUT2D eigenvalue weighted by Crippen LogP contribution is -2.46. The summed E-state index contributed by atoms with van der Waals surface area (Å²) in [6, 6.07) is 0.293. The zero-order chi connectivity index (χ0) is 14.5. The van der Waals surface area contributed by atoms with Crippen molar-refractivity contribution >= 4 is 10.8 Å². The Morgan fingerprint density at radius 1 is 1.37 bits per heavy atom. The minimum Gasteiger partial charge on any atom is -0.314 e. The normalized spacial score (nSPS) is 22.4. The summed E-state index contributed by atoms with van der Waals surface area (Å²) in [5, 5.41) is 3.51. The van der Waals surface area contributed by atoms with Crippen molar-refractivity contribution in [1.82, 2.24) is 10.2 Å². The number of hydrogen-bond donors (Lipinski definition) is 1. The Kier molecular flexibility index (Phi) is 6.76. The molecule has 0 radical (unpaired) electrons. The van der Waals surface area contributed by atoms with Gasteiger partial charge in [-0.15, -0.1) is 0 Å². The first-order chi connectivity index (χ1) is 8.78. The zero-order valence-electron chi connectivity index (χ0n) is 11.5. The lowest BCUT2D eigenvalue weighted by molar-refractivity contribution is -0.148. The third kappa shape index (κ3) is 7.27. The van der Waals surface area contributed by atoms with Gasteiger partial charge in [0.1, 0.15) is 0 Å². The average Bonchev–Trinajstić information content (AvgIpc) is 2.29. The largest absolute Gasteiger partial charge is 0.401 e. The highest BCUT2D eigenvalue weighted by molar-refractivity contribution is 7.84. The molecule has 0 bridgehead atoms. The van der Waals surface area contributed by atoms with Crippen LogP contribution in [0.5, 0.6) is 0 Å². The number of nitrogens with one attached hydrogen (secondary N) is 1. The highest BCUT2D eigenvalue weighted by atomic mass is 32.2. The van der Waals surface area contributed by atoms with Crippen molar-refractivity contribution in [1.29, 1.82) is 0 Å². The average molecular weight is 300 g/mol. The van der Waals surface area contributed by atoms with E-state index in [1.807, 2.05) is 6.92 Å². The van der Waals surface area contributed by atoms with Gasteiger partial charge < -0.3 is 5.32 Å². The van der Waals surface area contributed by atoms with Gasteiger partial charge in [0.2, 0.25) is 0 Å². The molecule has 1 rings (SSSR count). The highest BCUT2D eigenvalue weighted by Gasteiger charge is 2.32. The first-order valence-electron chi connectivity index (χ1n) is 6.62. The van der Waals surface area contributed by atoms with Crippen LogP contribution < -0.4 is 5.32 Å². The van der Waals surface area contributed by atoms with Gasteiger partial charge in [0, 0.05) is 28.3 Å². The summed E-state index contributed by atoms with van der Waals surface area (Å²) in [6.45, 7) is 2.92. The Morgan fingerprint density at radius 3 is 2.42 bits per heavy atom. The molecule has 0 aromatic rings. The molecule has 19 heavy (non-hydrogen) atoms. The standard InChI is InChI=1S/C12H23F3N2OS/c1-10(19(2)18)3-6-16-11-4-7-17(8-5-11)9-12(13,14)15/h10-11,16H,3-9H2,1-2H3. The van der Waals surface area contributed by atoms with E-state index in [1.165, 1.54) is 4.90 Å². The number of likely N-dealkylation sites (tertiary alicyclic amines) is 1. The molecule has 0 spiro atoms. The monoisotopic (exact) mass is 300 g/mol. The molecule has 7 heteroatoms. The maximum atomic E-state index is 12.2. The summed E-state index contributed by atoms with van der Waals surface area (Å²) >= 11 is 0. The first-order valence-corrected chi connectivity index (χ1v) is 8.25. The van der Waals surface area contributed by atoms with Gasteiger partial charge in [-0.3, -0.25) is 9.11 Å². The summed E-state index contributed by atoms with van der Waals surface area (Å²) in [6.07, 6.45) is -0.0631. The van der Waals surface area contributed by atoms with E-state index in [4.69, 9.17) is 0 Å². The van der Waals surface area contributed by atoms with Gasteiger partial charge in [-0.2, -0.15) is 13.2 Å². The van der Waals surface area contributed by atoms with Crippen molar-refractivity contribution in [3.8, 4) is 0 Å². The minimum absolute atomic E-state index is 0.165. The molecular weight excluding hydrogens is 277 g/mol. The molecule has 2 unspecified atom stereocenters. The van der Waals surface area contributed by atoms with Crippen LogP contribution in [0.1, 0.15) is 26.2 Å². The molecule has 3 nitrogen and oxygen atoms in total. The van der Waals surface area contributed by atoms with Crippen molar-refractivity contribution in [2.75, 3.05) is 32.4 Å². The number of hydrogen-bond acceptors (Lipinski definition) is 3. The molecule has 1 saturated heterocycles. The molecule has 1 heterocycles. The Morgan fingerprint density at radius 2 is 1.95 bits per heavy atom. The quantitative estimate of drug-likeness (QED) is 0.811. The third-order valence-corrected chi connectivity index (χ3v) is 4.91. The molecule has 0 amide bonds. The number of piperidine rings is 1. The Bertz CT molecular complexity index is 291. The van der Waals surface area contributed by atoms with Gasteiger partial charge in [-0.05, 0) is 38.9 Å². The summed E-state index contributed by atoms with van der Waals surface area (Å²) < 4.78 is 47.8. The molecule has 1 aliphatic heterocycles. The molecule has 0 aromatic heterocycles. The van der Waals surface area contributed by atoms with Crippen LogP contribution in [0.2, 0.25) is 0 Å². The van der Waals surface area contributed by atoms with Gasteiger partial charge >= 0.3 is 6.18 Å². The van der Waals surface area contributed by atoms with Crippen molar-refractivity contribution in [3.05, 3.63) is 0 Å². The van der Waals surface area contributed by atoms with E-state index in [2.05, 4.69) is 5.32 Å². The molecule has 2 atom stereocenters. The van der Waals surface area contributed by atoms with Gasteiger partial charge in [-0.1, -0.05) is 6.92 Å². The van der Waals surface area contributed by atoms with E-state index in [0.29, 0.717) is 19.1 Å². The topological polar surface area (TPSA) is 32.3 Å². The van der Waals surface area contributed by atoms with E-state index in [1.54, 1.807) is 6.26 Å². The fourth-order valence-electron chi connectivity index (χ4n) is 2.21. The van der Waals surface area contributed by atoms with Crippen molar-refractivity contribution < 1.29 is 17.4 Å². The summed E-state index contributed by atoms with van der Waals surface area (Å²) in [5.74, 6) is 0. The molecule has 0 aliphatic carbocycles. The maximum Gasteiger partial charge on any atom is 0.401 e. The van der Waals surface area contributed by atoms with Gasteiger partial charge in [0.15, 0.2) is 0 Å². The lowest BCUT2D eigenvalue weighted by atomic mass is 10.0. The maximum absolute atomic E-state index is 12.2. The van der Waals surface area contributed by atoms with E-state index in [0.717, 1.165) is 25.8 Å². The SMILES string of the molecule is CC(CCNC1CCN(CC(F)(F)F)CC1)S(C)=O. The molecule has 1 aliphatic rings. The predicted octanol–water partition coefficient (Wildman–Crippen LogP) is 1.76. The smallest absolute Gasteiger partial charge is 0.314 e. The van der Waals surface area contributed by atoms with E-state index in [-0.39, 0.29) is 5.25 Å². The van der Waals surface area contributed by atoms with Gasteiger partial charge in [0.05, 0.1) is 6.54 Å². The van der Waals surface area contributed by atoms with Crippen LogP contribution >= 0.6 is 0 Å². The predicted molar refractivity (Wildman–Crippen MR) is 71.7 cm³/mol. The Labute approximate surface area is 115 Å². The fraction of sp³-hybridized carbons (Fsp3) is 1.00. The molecule has 1 fully saturated rings. The highest BCUT2D eigenvalue weighted by Crippen LogP contribution is 2.19. The summed E-state index contributed by atoms with van der Waals surface area (Å²) in [4.78, 5) is 1.46. The van der Waals surface area contributed by atoms with Crippen LogP contribution in [0.25, 0.3) is 0 Å². The molecule has 1 N–H and O–H groups in total. The number of halogens is 3. The lowest BCUT2D eigenvalue weighted by Gasteiger charge is -2.33. The van der Waals surface area contributed by atoms with Gasteiger partial charge in [-0.25, -0.2) is 0 Å². The van der Waals surface area contributed by atoms with E-state index < -0.39 is 23.5 Å². The minimum atomic E-state index is -4.10.